The van der Waals surface area contributed by atoms with Gasteiger partial charge in [-0.15, -0.1) is 0 Å². The molecule has 1 heterocycles. The molecule has 1 aliphatic rings. The van der Waals surface area contributed by atoms with Gasteiger partial charge in [0, 0.05) is 37.2 Å². The number of likely N-dealkylation sites (tertiary alicyclic amines) is 1. The van der Waals surface area contributed by atoms with Crippen LogP contribution in [0.15, 0.2) is 54.6 Å². The third-order valence-corrected chi connectivity index (χ3v) is 4.31. The van der Waals surface area contributed by atoms with E-state index in [9.17, 15) is 4.79 Å². The Bertz CT molecular complexity index is 639. The molecule has 1 amide bonds. The highest BCUT2D eigenvalue weighted by Gasteiger charge is 2.30. The molecule has 1 aliphatic heterocycles. The molecule has 4 nitrogen and oxygen atoms in total. The zero-order valence-electron chi connectivity index (χ0n) is 12.5. The summed E-state index contributed by atoms with van der Waals surface area (Å²) < 4.78 is 0. The maximum atomic E-state index is 11.1. The van der Waals surface area contributed by atoms with E-state index >= 15 is 0 Å². The fourth-order valence-corrected chi connectivity index (χ4v) is 3.13. The summed E-state index contributed by atoms with van der Waals surface area (Å²) in [4.78, 5) is 13.5. The minimum Gasteiger partial charge on any atom is -0.366 e. The SMILES string of the molecule is NC(=O)c1ccc(CN2C[C@@H](N)[C@H](c3ccccc3)C2)cc1. The van der Waals surface area contributed by atoms with Crippen LogP contribution in [0.1, 0.15) is 27.4 Å². The molecule has 0 radical (unpaired) electrons. The fourth-order valence-electron chi connectivity index (χ4n) is 3.13. The Balaban J connectivity index is 1.66. The van der Waals surface area contributed by atoms with Gasteiger partial charge in [0.05, 0.1) is 0 Å². The van der Waals surface area contributed by atoms with Crippen LogP contribution in [0.3, 0.4) is 0 Å². The largest absolute Gasteiger partial charge is 0.366 e. The Morgan fingerprint density at radius 1 is 1.05 bits per heavy atom. The van der Waals surface area contributed by atoms with E-state index in [-0.39, 0.29) is 11.9 Å². The van der Waals surface area contributed by atoms with E-state index < -0.39 is 0 Å². The van der Waals surface area contributed by atoms with Crippen molar-refractivity contribution in [2.24, 2.45) is 11.5 Å². The Labute approximate surface area is 130 Å². The van der Waals surface area contributed by atoms with Gasteiger partial charge in [-0.05, 0) is 23.3 Å². The van der Waals surface area contributed by atoms with Crippen molar-refractivity contribution < 1.29 is 4.79 Å². The average Bonchev–Trinajstić information content (AvgIpc) is 2.89. The van der Waals surface area contributed by atoms with Crippen molar-refractivity contribution in [3.63, 3.8) is 0 Å². The van der Waals surface area contributed by atoms with E-state index in [2.05, 4.69) is 29.2 Å². The van der Waals surface area contributed by atoms with Gasteiger partial charge >= 0.3 is 0 Å². The van der Waals surface area contributed by atoms with Gasteiger partial charge in [0.15, 0.2) is 0 Å². The smallest absolute Gasteiger partial charge is 0.248 e. The summed E-state index contributed by atoms with van der Waals surface area (Å²) >= 11 is 0. The van der Waals surface area contributed by atoms with E-state index in [0.717, 1.165) is 19.6 Å². The van der Waals surface area contributed by atoms with Crippen LogP contribution >= 0.6 is 0 Å². The van der Waals surface area contributed by atoms with Crippen LogP contribution in [-0.2, 0) is 6.54 Å². The van der Waals surface area contributed by atoms with Crippen molar-refractivity contribution in [3.05, 3.63) is 71.3 Å². The van der Waals surface area contributed by atoms with Gasteiger partial charge < -0.3 is 11.5 Å². The molecule has 1 saturated heterocycles. The van der Waals surface area contributed by atoms with E-state index in [0.29, 0.717) is 11.5 Å². The van der Waals surface area contributed by atoms with Crippen LogP contribution in [0.5, 0.6) is 0 Å². The summed E-state index contributed by atoms with van der Waals surface area (Å²) in [7, 11) is 0. The molecule has 0 spiro atoms. The zero-order chi connectivity index (χ0) is 15.5. The Hall–Kier alpha value is -2.17. The topological polar surface area (TPSA) is 72.4 Å². The summed E-state index contributed by atoms with van der Waals surface area (Å²) in [5.74, 6) is -0.00928. The van der Waals surface area contributed by atoms with Crippen molar-refractivity contribution in [2.75, 3.05) is 13.1 Å². The van der Waals surface area contributed by atoms with Crippen molar-refractivity contribution in [3.8, 4) is 0 Å². The van der Waals surface area contributed by atoms with E-state index in [1.165, 1.54) is 11.1 Å². The molecule has 4 N–H and O–H groups in total. The second-order valence-electron chi connectivity index (χ2n) is 5.94. The number of primary amides is 1. The van der Waals surface area contributed by atoms with Gasteiger partial charge in [0.2, 0.25) is 5.91 Å². The predicted molar refractivity (Wildman–Crippen MR) is 87.4 cm³/mol. The van der Waals surface area contributed by atoms with Crippen molar-refractivity contribution in [2.45, 2.75) is 18.5 Å². The van der Waals surface area contributed by atoms with Crippen molar-refractivity contribution in [1.82, 2.24) is 4.90 Å². The number of nitrogens with zero attached hydrogens (tertiary/aromatic N) is 1. The molecule has 4 heteroatoms. The van der Waals surface area contributed by atoms with E-state index in [4.69, 9.17) is 11.5 Å². The predicted octanol–water partition coefficient (Wildman–Crippen LogP) is 1.71. The number of amides is 1. The minimum absolute atomic E-state index is 0.160. The molecule has 1 fully saturated rings. The van der Waals surface area contributed by atoms with Crippen LogP contribution < -0.4 is 11.5 Å². The number of carbonyl (C=O) groups is 1. The van der Waals surface area contributed by atoms with Gasteiger partial charge in [-0.1, -0.05) is 42.5 Å². The second kappa shape index (κ2) is 6.30. The zero-order valence-corrected chi connectivity index (χ0v) is 12.5. The maximum absolute atomic E-state index is 11.1. The Kier molecular flexibility index (Phi) is 4.22. The van der Waals surface area contributed by atoms with Gasteiger partial charge in [0.25, 0.3) is 0 Å². The molecule has 0 bridgehead atoms. The molecule has 22 heavy (non-hydrogen) atoms. The molecule has 0 aliphatic carbocycles. The molecular formula is C18H21N3O. The van der Waals surface area contributed by atoms with E-state index in [1.807, 2.05) is 18.2 Å². The molecule has 114 valence electrons. The van der Waals surface area contributed by atoms with Crippen LogP contribution in [0, 0.1) is 0 Å². The summed E-state index contributed by atoms with van der Waals surface area (Å²) in [6, 6.07) is 18.1. The molecule has 0 aromatic heterocycles. The Morgan fingerprint density at radius 2 is 1.73 bits per heavy atom. The molecule has 3 rings (SSSR count). The molecule has 0 saturated carbocycles. The fraction of sp³-hybridized carbons (Fsp3) is 0.278. The lowest BCUT2D eigenvalue weighted by Gasteiger charge is -2.16. The summed E-state index contributed by atoms with van der Waals surface area (Å²) in [6.07, 6.45) is 0. The number of nitrogens with two attached hydrogens (primary N) is 2. The van der Waals surface area contributed by atoms with Crippen LogP contribution in [0.4, 0.5) is 0 Å². The third kappa shape index (κ3) is 3.18. The number of rotatable bonds is 4. The normalized spacial score (nSPS) is 21.9. The monoisotopic (exact) mass is 295 g/mol. The summed E-state index contributed by atoms with van der Waals surface area (Å²) in [6.45, 7) is 2.69. The van der Waals surface area contributed by atoms with Crippen LogP contribution in [0.25, 0.3) is 0 Å². The first kappa shape index (κ1) is 14.8. The van der Waals surface area contributed by atoms with Gasteiger partial charge in [0.1, 0.15) is 0 Å². The molecule has 2 aromatic carbocycles. The lowest BCUT2D eigenvalue weighted by Crippen LogP contribution is -2.28. The maximum Gasteiger partial charge on any atom is 0.248 e. The van der Waals surface area contributed by atoms with Crippen molar-refractivity contribution >= 4 is 5.91 Å². The Morgan fingerprint density at radius 3 is 2.36 bits per heavy atom. The highest BCUT2D eigenvalue weighted by atomic mass is 16.1. The first-order chi connectivity index (χ1) is 10.6. The molecular weight excluding hydrogens is 274 g/mol. The van der Waals surface area contributed by atoms with Gasteiger partial charge in [-0.25, -0.2) is 0 Å². The van der Waals surface area contributed by atoms with Crippen molar-refractivity contribution in [1.29, 1.82) is 0 Å². The standard InChI is InChI=1S/C18H21N3O/c19-17-12-21(11-16(17)14-4-2-1-3-5-14)10-13-6-8-15(9-7-13)18(20)22/h1-9,16-17H,10-12,19H2,(H2,20,22)/t16-,17+/m0/s1. The average molecular weight is 295 g/mol. The lowest BCUT2D eigenvalue weighted by atomic mass is 9.95. The number of benzene rings is 2. The lowest BCUT2D eigenvalue weighted by molar-refractivity contribution is 0.100. The third-order valence-electron chi connectivity index (χ3n) is 4.31. The quantitative estimate of drug-likeness (QED) is 0.902. The molecule has 2 aromatic rings. The number of carbonyl (C=O) groups excluding carboxylic acids is 1. The highest BCUT2D eigenvalue weighted by molar-refractivity contribution is 5.92. The van der Waals surface area contributed by atoms with Gasteiger partial charge in [-0.2, -0.15) is 0 Å². The second-order valence-corrected chi connectivity index (χ2v) is 5.94. The number of hydrogen-bond acceptors (Lipinski definition) is 3. The summed E-state index contributed by atoms with van der Waals surface area (Å²) in [5.41, 5.74) is 14.6. The van der Waals surface area contributed by atoms with Gasteiger partial charge in [-0.3, -0.25) is 9.69 Å². The summed E-state index contributed by atoms with van der Waals surface area (Å²) in [5, 5.41) is 0. The highest BCUT2D eigenvalue weighted by Crippen LogP contribution is 2.27. The van der Waals surface area contributed by atoms with E-state index in [1.54, 1.807) is 12.1 Å². The van der Waals surface area contributed by atoms with Crippen LogP contribution in [-0.4, -0.2) is 29.9 Å². The first-order valence-corrected chi connectivity index (χ1v) is 7.55. The number of hydrogen-bond donors (Lipinski definition) is 2. The molecule has 0 unspecified atom stereocenters. The first-order valence-electron chi connectivity index (χ1n) is 7.55. The molecule has 2 atom stereocenters. The minimum atomic E-state index is -0.390. The van der Waals surface area contributed by atoms with Crippen LogP contribution in [0.2, 0.25) is 0 Å².